The Morgan fingerprint density at radius 2 is 2.24 bits per heavy atom. The van der Waals surface area contributed by atoms with E-state index in [1.807, 2.05) is 6.07 Å². The van der Waals surface area contributed by atoms with Gasteiger partial charge in [-0.2, -0.15) is 0 Å². The molecular formula is C14H18ClNO. The lowest BCUT2D eigenvalue weighted by atomic mass is 9.59. The maximum atomic E-state index is 9.83. The molecule has 1 aromatic carbocycles. The maximum Gasteiger partial charge on any atom is 0.134 e. The molecule has 3 heteroatoms. The molecule has 17 heavy (non-hydrogen) atoms. The van der Waals surface area contributed by atoms with E-state index in [4.69, 9.17) is 11.6 Å². The molecule has 0 spiro atoms. The Hall–Kier alpha value is -0.730. The third-order valence-corrected chi connectivity index (χ3v) is 5.26. The lowest BCUT2D eigenvalue weighted by Gasteiger charge is -2.50. The number of halogens is 1. The zero-order chi connectivity index (χ0) is 12.2. The minimum Gasteiger partial charge on any atom is -0.506 e. The highest BCUT2D eigenvalue weighted by Crippen LogP contribution is 2.50. The number of benzene rings is 1. The molecule has 1 aromatic rings. The number of phenolic OH excluding ortho intramolecular Hbond substituents is 1. The van der Waals surface area contributed by atoms with Crippen LogP contribution in [0, 0.1) is 5.92 Å². The van der Waals surface area contributed by atoms with E-state index in [9.17, 15) is 5.11 Å². The van der Waals surface area contributed by atoms with Gasteiger partial charge in [-0.3, -0.25) is 0 Å². The molecule has 3 atom stereocenters. The lowest BCUT2D eigenvalue weighted by Crippen LogP contribution is -2.56. The van der Waals surface area contributed by atoms with Crippen LogP contribution in [0.15, 0.2) is 12.1 Å². The van der Waals surface area contributed by atoms with Crippen LogP contribution in [0.3, 0.4) is 0 Å². The quantitative estimate of drug-likeness (QED) is 0.743. The normalized spacial score (nSPS) is 35.5. The van der Waals surface area contributed by atoms with Gasteiger partial charge in [0.1, 0.15) is 5.75 Å². The summed E-state index contributed by atoms with van der Waals surface area (Å²) in [4.78, 5) is 0. The van der Waals surface area contributed by atoms with Gasteiger partial charge in [-0.1, -0.05) is 31.5 Å². The molecule has 3 rings (SSSR count). The largest absolute Gasteiger partial charge is 0.506 e. The predicted octanol–water partition coefficient (Wildman–Crippen LogP) is 2.86. The smallest absolute Gasteiger partial charge is 0.134 e. The van der Waals surface area contributed by atoms with Crippen molar-refractivity contribution < 1.29 is 5.11 Å². The molecule has 1 heterocycles. The second-order valence-electron chi connectivity index (χ2n) is 5.65. The number of aromatic hydroxyl groups is 1. The molecule has 2 bridgehead atoms. The van der Waals surface area contributed by atoms with Crippen molar-refractivity contribution in [1.82, 2.24) is 5.32 Å². The van der Waals surface area contributed by atoms with Gasteiger partial charge in [0.15, 0.2) is 0 Å². The Morgan fingerprint density at radius 3 is 3.00 bits per heavy atom. The first-order valence-corrected chi connectivity index (χ1v) is 6.66. The van der Waals surface area contributed by atoms with Gasteiger partial charge in [0.25, 0.3) is 0 Å². The fourth-order valence-corrected chi connectivity index (χ4v) is 4.00. The summed E-state index contributed by atoms with van der Waals surface area (Å²) in [5, 5.41) is 14.0. The van der Waals surface area contributed by atoms with Gasteiger partial charge >= 0.3 is 0 Å². The Labute approximate surface area is 107 Å². The zero-order valence-corrected chi connectivity index (χ0v) is 11.0. The molecule has 0 unspecified atom stereocenters. The molecule has 1 fully saturated rings. The van der Waals surface area contributed by atoms with Crippen LogP contribution >= 0.6 is 11.6 Å². The Bertz CT molecular complexity index is 474. The highest BCUT2D eigenvalue weighted by molar-refractivity contribution is 6.33. The van der Waals surface area contributed by atoms with E-state index in [-0.39, 0.29) is 11.2 Å². The number of phenols is 1. The second-order valence-corrected chi connectivity index (χ2v) is 6.03. The molecular weight excluding hydrogens is 234 g/mol. The summed E-state index contributed by atoms with van der Waals surface area (Å²) < 4.78 is 0. The summed E-state index contributed by atoms with van der Waals surface area (Å²) in [5.74, 6) is 0.777. The first-order valence-electron chi connectivity index (χ1n) is 6.28. The van der Waals surface area contributed by atoms with Crippen molar-refractivity contribution in [3.63, 3.8) is 0 Å². The highest BCUT2D eigenvalue weighted by Gasteiger charge is 2.46. The molecule has 0 amide bonds. The van der Waals surface area contributed by atoms with Gasteiger partial charge in [0.05, 0.1) is 5.02 Å². The van der Waals surface area contributed by atoms with E-state index < -0.39 is 0 Å². The number of hydrogen-bond donors (Lipinski definition) is 2. The monoisotopic (exact) mass is 251 g/mol. The van der Waals surface area contributed by atoms with Gasteiger partial charge in [0, 0.05) is 6.04 Å². The van der Waals surface area contributed by atoms with Crippen molar-refractivity contribution in [2.45, 2.75) is 38.1 Å². The highest BCUT2D eigenvalue weighted by atomic mass is 35.5. The molecule has 0 aromatic heterocycles. The van der Waals surface area contributed by atoms with Gasteiger partial charge < -0.3 is 10.4 Å². The molecule has 0 saturated carbocycles. The van der Waals surface area contributed by atoms with Crippen molar-refractivity contribution in [3.8, 4) is 5.75 Å². The van der Waals surface area contributed by atoms with Crippen LogP contribution in [0.4, 0.5) is 0 Å². The summed E-state index contributed by atoms with van der Waals surface area (Å²) in [7, 11) is 0. The van der Waals surface area contributed by atoms with Crippen LogP contribution < -0.4 is 5.32 Å². The fourth-order valence-electron chi connectivity index (χ4n) is 3.60. The Morgan fingerprint density at radius 1 is 1.47 bits per heavy atom. The molecule has 2 aliphatic rings. The van der Waals surface area contributed by atoms with Crippen LogP contribution in [-0.4, -0.2) is 17.7 Å². The predicted molar refractivity (Wildman–Crippen MR) is 69.7 cm³/mol. The number of nitrogens with one attached hydrogen (secondary N) is 1. The minimum atomic E-state index is 0.0966. The lowest BCUT2D eigenvalue weighted by molar-refractivity contribution is 0.158. The Kier molecular flexibility index (Phi) is 2.43. The van der Waals surface area contributed by atoms with Gasteiger partial charge in [-0.15, -0.1) is 0 Å². The van der Waals surface area contributed by atoms with Gasteiger partial charge in [0.2, 0.25) is 0 Å². The number of piperidine rings is 1. The first kappa shape index (κ1) is 11.4. The van der Waals surface area contributed by atoms with Crippen LogP contribution in [0.2, 0.25) is 5.02 Å². The average molecular weight is 252 g/mol. The van der Waals surface area contributed by atoms with E-state index in [0.717, 1.165) is 19.4 Å². The third kappa shape index (κ3) is 1.44. The molecule has 92 valence electrons. The summed E-state index contributed by atoms with van der Waals surface area (Å²) in [6, 6.07) is 4.29. The van der Waals surface area contributed by atoms with Crippen molar-refractivity contribution >= 4 is 11.6 Å². The average Bonchev–Trinajstić information content (AvgIpc) is 2.27. The van der Waals surface area contributed by atoms with Crippen molar-refractivity contribution in [1.29, 1.82) is 0 Å². The Balaban J connectivity index is 2.24. The van der Waals surface area contributed by atoms with Gasteiger partial charge in [-0.25, -0.2) is 0 Å². The molecule has 1 saturated heterocycles. The van der Waals surface area contributed by atoms with Crippen molar-refractivity contribution in [2.24, 2.45) is 5.92 Å². The minimum absolute atomic E-state index is 0.0966. The van der Waals surface area contributed by atoms with E-state index in [1.54, 1.807) is 6.07 Å². The SMILES string of the molecule is C[C@H]1[C@H]2Cc3ccc(O)c(Cl)c3[C@]1(C)CCN2. The second kappa shape index (κ2) is 3.63. The van der Waals surface area contributed by atoms with Crippen molar-refractivity contribution in [2.75, 3.05) is 6.54 Å². The maximum absolute atomic E-state index is 9.83. The number of fused-ring (bicyclic) bond motifs is 4. The van der Waals surface area contributed by atoms with E-state index in [2.05, 4.69) is 19.2 Å². The molecule has 1 aliphatic heterocycles. The van der Waals surface area contributed by atoms with Crippen LogP contribution in [0.1, 0.15) is 31.4 Å². The molecule has 2 N–H and O–H groups in total. The molecule has 1 aliphatic carbocycles. The van der Waals surface area contributed by atoms with Gasteiger partial charge in [-0.05, 0) is 47.9 Å². The molecule has 0 radical (unpaired) electrons. The summed E-state index contributed by atoms with van der Waals surface area (Å²) in [6.45, 7) is 5.62. The summed E-state index contributed by atoms with van der Waals surface area (Å²) in [5.41, 5.74) is 2.58. The number of hydrogen-bond acceptors (Lipinski definition) is 2. The van der Waals surface area contributed by atoms with Crippen LogP contribution in [-0.2, 0) is 11.8 Å². The van der Waals surface area contributed by atoms with Crippen LogP contribution in [0.25, 0.3) is 0 Å². The standard InChI is InChI=1S/C14H18ClNO/c1-8-10-7-9-3-4-11(17)13(15)12(9)14(8,2)5-6-16-10/h3-4,8,10,16-17H,5-7H2,1-2H3/t8-,10+,14+/m0/s1. The first-order chi connectivity index (χ1) is 8.04. The molecule has 2 nitrogen and oxygen atoms in total. The zero-order valence-electron chi connectivity index (χ0n) is 10.3. The third-order valence-electron chi connectivity index (χ3n) is 4.88. The van der Waals surface area contributed by atoms with E-state index in [1.165, 1.54) is 11.1 Å². The fraction of sp³-hybridized carbons (Fsp3) is 0.571. The number of rotatable bonds is 0. The van der Waals surface area contributed by atoms with Crippen molar-refractivity contribution in [3.05, 3.63) is 28.3 Å². The summed E-state index contributed by atoms with van der Waals surface area (Å²) >= 11 is 6.34. The van der Waals surface area contributed by atoms with Crippen LogP contribution in [0.5, 0.6) is 5.75 Å². The summed E-state index contributed by atoms with van der Waals surface area (Å²) in [6.07, 6.45) is 2.10. The van der Waals surface area contributed by atoms with E-state index >= 15 is 0 Å². The van der Waals surface area contributed by atoms with E-state index in [0.29, 0.717) is 17.0 Å². The topological polar surface area (TPSA) is 32.3 Å².